The van der Waals surface area contributed by atoms with Crippen LogP contribution in [-0.4, -0.2) is 17.9 Å². The fraction of sp³-hybridized carbons (Fsp3) is 0.188. The van der Waals surface area contributed by atoms with Crippen molar-refractivity contribution in [3.63, 3.8) is 0 Å². The lowest BCUT2D eigenvalue weighted by molar-refractivity contribution is 0.399. The standard InChI is InChI=1S/C16H17N3/c1-17-16-18-15-10-6-5-9-14(15)12-19(16)11-13-7-3-2-4-8-13/h2-10H,11-12H2,1H3,(H,17,18). The van der Waals surface area contributed by atoms with Gasteiger partial charge in [-0.15, -0.1) is 0 Å². The molecule has 0 aliphatic carbocycles. The minimum Gasteiger partial charge on any atom is -0.334 e. The van der Waals surface area contributed by atoms with Crippen LogP contribution in [0.25, 0.3) is 0 Å². The van der Waals surface area contributed by atoms with E-state index in [0.29, 0.717) is 0 Å². The van der Waals surface area contributed by atoms with E-state index in [4.69, 9.17) is 0 Å². The number of nitrogens with one attached hydrogen (secondary N) is 1. The predicted molar refractivity (Wildman–Crippen MR) is 79.1 cm³/mol. The van der Waals surface area contributed by atoms with Crippen LogP contribution < -0.4 is 5.32 Å². The zero-order valence-corrected chi connectivity index (χ0v) is 11.0. The Balaban J connectivity index is 1.86. The first-order valence-corrected chi connectivity index (χ1v) is 6.47. The number of fused-ring (bicyclic) bond motifs is 1. The van der Waals surface area contributed by atoms with Crippen LogP contribution in [0.15, 0.2) is 59.6 Å². The zero-order valence-electron chi connectivity index (χ0n) is 11.0. The average Bonchev–Trinajstić information content (AvgIpc) is 2.47. The minimum absolute atomic E-state index is 0.870. The molecule has 2 aromatic rings. The van der Waals surface area contributed by atoms with Gasteiger partial charge in [-0.1, -0.05) is 48.5 Å². The lowest BCUT2D eigenvalue weighted by atomic mass is 10.1. The number of benzene rings is 2. The Morgan fingerprint density at radius 1 is 1.05 bits per heavy atom. The van der Waals surface area contributed by atoms with Gasteiger partial charge in [0.05, 0.1) is 0 Å². The highest BCUT2D eigenvalue weighted by Gasteiger charge is 2.19. The summed E-state index contributed by atoms with van der Waals surface area (Å²) in [4.78, 5) is 6.62. The van der Waals surface area contributed by atoms with Gasteiger partial charge in [0, 0.05) is 25.8 Å². The molecule has 3 heteroatoms. The summed E-state index contributed by atoms with van der Waals surface area (Å²) in [6, 6.07) is 18.9. The second kappa shape index (κ2) is 5.14. The highest BCUT2D eigenvalue weighted by molar-refractivity contribution is 5.96. The van der Waals surface area contributed by atoms with Gasteiger partial charge in [0.2, 0.25) is 0 Å². The monoisotopic (exact) mass is 251 g/mol. The van der Waals surface area contributed by atoms with Gasteiger partial charge in [-0.25, -0.2) is 0 Å². The Kier molecular flexibility index (Phi) is 3.19. The van der Waals surface area contributed by atoms with Crippen LogP contribution in [0.1, 0.15) is 11.1 Å². The SMILES string of the molecule is CN=C1Nc2ccccc2CN1Cc1ccccc1. The molecule has 3 rings (SSSR count). The van der Waals surface area contributed by atoms with Crippen molar-refractivity contribution in [2.45, 2.75) is 13.1 Å². The molecule has 0 saturated heterocycles. The third-order valence-electron chi connectivity index (χ3n) is 3.35. The number of guanidine groups is 1. The molecule has 0 radical (unpaired) electrons. The first-order valence-electron chi connectivity index (χ1n) is 6.47. The fourth-order valence-electron chi connectivity index (χ4n) is 2.39. The molecule has 0 spiro atoms. The van der Waals surface area contributed by atoms with Gasteiger partial charge in [-0.3, -0.25) is 4.99 Å². The number of hydrogen-bond acceptors (Lipinski definition) is 1. The third-order valence-corrected chi connectivity index (χ3v) is 3.35. The Morgan fingerprint density at radius 3 is 2.58 bits per heavy atom. The number of nitrogens with zero attached hydrogens (tertiary/aromatic N) is 2. The van der Waals surface area contributed by atoms with E-state index in [2.05, 4.69) is 57.7 Å². The van der Waals surface area contributed by atoms with Crippen LogP contribution in [0, 0.1) is 0 Å². The van der Waals surface area contributed by atoms with Gasteiger partial charge in [-0.05, 0) is 17.2 Å². The van der Waals surface area contributed by atoms with Crippen LogP contribution in [0.4, 0.5) is 5.69 Å². The third kappa shape index (κ3) is 2.45. The second-order valence-corrected chi connectivity index (χ2v) is 4.67. The summed E-state index contributed by atoms with van der Waals surface area (Å²) in [7, 11) is 1.83. The Labute approximate surface area is 113 Å². The van der Waals surface area contributed by atoms with Crippen LogP contribution in [0.5, 0.6) is 0 Å². The molecule has 0 aromatic heterocycles. The van der Waals surface area contributed by atoms with E-state index in [9.17, 15) is 0 Å². The normalized spacial score (nSPS) is 16.1. The van der Waals surface area contributed by atoms with Crippen molar-refractivity contribution in [1.29, 1.82) is 0 Å². The van der Waals surface area contributed by atoms with Gasteiger partial charge < -0.3 is 10.2 Å². The number of hydrogen-bond donors (Lipinski definition) is 1. The second-order valence-electron chi connectivity index (χ2n) is 4.67. The van der Waals surface area contributed by atoms with Crippen LogP contribution >= 0.6 is 0 Å². The molecular formula is C16H17N3. The lowest BCUT2D eigenvalue weighted by Crippen LogP contribution is -2.39. The molecule has 3 nitrogen and oxygen atoms in total. The molecule has 1 aliphatic heterocycles. The lowest BCUT2D eigenvalue weighted by Gasteiger charge is -2.32. The van der Waals surface area contributed by atoms with Crippen LogP contribution in [-0.2, 0) is 13.1 Å². The number of aliphatic imine (C=N–C) groups is 1. The summed E-state index contributed by atoms with van der Waals surface area (Å²) in [5.74, 6) is 0.933. The maximum Gasteiger partial charge on any atom is 0.198 e. The van der Waals surface area contributed by atoms with Crippen molar-refractivity contribution in [1.82, 2.24) is 4.90 Å². The van der Waals surface area contributed by atoms with E-state index in [1.807, 2.05) is 19.2 Å². The van der Waals surface area contributed by atoms with Crippen molar-refractivity contribution in [3.05, 3.63) is 65.7 Å². The molecule has 0 fully saturated rings. The number of anilines is 1. The first kappa shape index (κ1) is 11.8. The quantitative estimate of drug-likeness (QED) is 0.888. The Bertz CT molecular complexity index is 590. The molecule has 0 bridgehead atoms. The van der Waals surface area contributed by atoms with E-state index in [0.717, 1.165) is 24.7 Å². The van der Waals surface area contributed by atoms with Crippen LogP contribution in [0.2, 0.25) is 0 Å². The number of para-hydroxylation sites is 1. The van der Waals surface area contributed by atoms with E-state index >= 15 is 0 Å². The molecule has 19 heavy (non-hydrogen) atoms. The van der Waals surface area contributed by atoms with E-state index < -0.39 is 0 Å². The summed E-state index contributed by atoms with van der Waals surface area (Å²) < 4.78 is 0. The zero-order chi connectivity index (χ0) is 13.1. The molecule has 1 heterocycles. The molecule has 0 amide bonds. The first-order chi connectivity index (χ1) is 9.36. The summed E-state index contributed by atoms with van der Waals surface area (Å²) >= 11 is 0. The maximum atomic E-state index is 4.36. The van der Waals surface area contributed by atoms with Gasteiger partial charge in [0.25, 0.3) is 0 Å². The van der Waals surface area contributed by atoms with Gasteiger partial charge in [0.1, 0.15) is 0 Å². The van der Waals surface area contributed by atoms with Gasteiger partial charge in [-0.2, -0.15) is 0 Å². The maximum absolute atomic E-state index is 4.36. The van der Waals surface area contributed by atoms with Crippen molar-refractivity contribution in [2.24, 2.45) is 4.99 Å². The van der Waals surface area contributed by atoms with Crippen molar-refractivity contribution >= 4 is 11.6 Å². The molecule has 1 N–H and O–H groups in total. The summed E-state index contributed by atoms with van der Waals surface area (Å²) in [6.45, 7) is 1.76. The topological polar surface area (TPSA) is 27.6 Å². The van der Waals surface area contributed by atoms with Crippen molar-refractivity contribution in [2.75, 3.05) is 12.4 Å². The average molecular weight is 251 g/mol. The minimum atomic E-state index is 0.870. The molecular weight excluding hydrogens is 234 g/mol. The highest BCUT2D eigenvalue weighted by Crippen LogP contribution is 2.23. The molecule has 1 aliphatic rings. The Morgan fingerprint density at radius 2 is 1.79 bits per heavy atom. The van der Waals surface area contributed by atoms with Gasteiger partial charge >= 0.3 is 0 Å². The predicted octanol–water partition coefficient (Wildman–Crippen LogP) is 3.10. The summed E-state index contributed by atoms with van der Waals surface area (Å²) in [5, 5.41) is 3.39. The molecule has 96 valence electrons. The number of rotatable bonds is 2. The molecule has 2 aromatic carbocycles. The van der Waals surface area contributed by atoms with Crippen molar-refractivity contribution in [3.8, 4) is 0 Å². The molecule has 0 atom stereocenters. The molecule has 0 saturated carbocycles. The summed E-state index contributed by atoms with van der Waals surface area (Å²) in [5.41, 5.74) is 3.77. The van der Waals surface area contributed by atoms with Crippen LogP contribution in [0.3, 0.4) is 0 Å². The summed E-state index contributed by atoms with van der Waals surface area (Å²) in [6.07, 6.45) is 0. The molecule has 0 unspecified atom stereocenters. The van der Waals surface area contributed by atoms with E-state index in [1.165, 1.54) is 11.1 Å². The largest absolute Gasteiger partial charge is 0.334 e. The smallest absolute Gasteiger partial charge is 0.198 e. The van der Waals surface area contributed by atoms with Gasteiger partial charge in [0.15, 0.2) is 5.96 Å². The van der Waals surface area contributed by atoms with E-state index in [1.54, 1.807) is 0 Å². The van der Waals surface area contributed by atoms with E-state index in [-0.39, 0.29) is 0 Å². The van der Waals surface area contributed by atoms with Crippen molar-refractivity contribution < 1.29 is 0 Å². The fourth-order valence-corrected chi connectivity index (χ4v) is 2.39. The Hall–Kier alpha value is -2.29. The highest BCUT2D eigenvalue weighted by atomic mass is 15.3.